The van der Waals surface area contributed by atoms with Crippen molar-refractivity contribution >= 4 is 21.6 Å². The molecule has 0 aromatic heterocycles. The highest BCUT2D eigenvalue weighted by Crippen LogP contribution is 2.22. The van der Waals surface area contributed by atoms with Gasteiger partial charge in [0, 0.05) is 0 Å². The molecule has 1 atom stereocenters. The zero-order chi connectivity index (χ0) is 21.6. The lowest BCUT2D eigenvalue weighted by Crippen LogP contribution is -2.41. The Kier molecular flexibility index (Phi) is 7.67. The molecule has 1 N–H and O–H groups in total. The number of anilines is 1. The molecule has 0 aliphatic heterocycles. The van der Waals surface area contributed by atoms with Gasteiger partial charge >= 0.3 is 0 Å². The lowest BCUT2D eigenvalue weighted by molar-refractivity contribution is -0.120. The van der Waals surface area contributed by atoms with Crippen LogP contribution >= 0.6 is 0 Å². The molecule has 7 heteroatoms. The van der Waals surface area contributed by atoms with E-state index < -0.39 is 10.0 Å². The van der Waals surface area contributed by atoms with E-state index in [-0.39, 0.29) is 18.5 Å². The number of amides is 1. The summed E-state index contributed by atoms with van der Waals surface area (Å²) >= 11 is 0. The molecule has 1 amide bonds. The van der Waals surface area contributed by atoms with E-state index in [1.165, 1.54) is 0 Å². The van der Waals surface area contributed by atoms with Gasteiger partial charge in [-0.05, 0) is 62.6 Å². The van der Waals surface area contributed by atoms with Crippen LogP contribution < -0.4 is 14.4 Å². The first kappa shape index (κ1) is 22.7. The molecule has 2 rings (SSSR count). The van der Waals surface area contributed by atoms with Crippen LogP contribution in [0.2, 0.25) is 0 Å². The summed E-state index contributed by atoms with van der Waals surface area (Å²) in [7, 11) is -3.63. The maximum atomic E-state index is 12.6. The number of hydrogen-bond acceptors (Lipinski definition) is 4. The second kappa shape index (κ2) is 9.78. The number of ether oxygens (including phenoxy) is 1. The predicted octanol–water partition coefficient (Wildman–Crippen LogP) is 3.74. The van der Waals surface area contributed by atoms with E-state index in [1.807, 2.05) is 39.8 Å². The summed E-state index contributed by atoms with van der Waals surface area (Å²) in [5, 5.41) is 2.90. The second-order valence-electron chi connectivity index (χ2n) is 7.26. The predicted molar refractivity (Wildman–Crippen MR) is 117 cm³/mol. The summed E-state index contributed by atoms with van der Waals surface area (Å²) in [4.78, 5) is 12.6. The number of rotatable bonds is 9. The second-order valence-corrected chi connectivity index (χ2v) is 9.17. The highest BCUT2D eigenvalue weighted by Gasteiger charge is 2.22. The van der Waals surface area contributed by atoms with Gasteiger partial charge in [0.15, 0.2) is 0 Å². The Hall–Kier alpha value is -2.54. The monoisotopic (exact) mass is 418 g/mol. The lowest BCUT2D eigenvalue weighted by atomic mass is 10.0. The summed E-state index contributed by atoms with van der Waals surface area (Å²) in [6.45, 7) is 8.22. The molecule has 0 unspecified atom stereocenters. The van der Waals surface area contributed by atoms with Crippen LogP contribution in [0.1, 0.15) is 43.0 Å². The van der Waals surface area contributed by atoms with Crippen molar-refractivity contribution in [2.45, 2.75) is 40.2 Å². The summed E-state index contributed by atoms with van der Waals surface area (Å²) in [5.74, 6) is 0.297. The van der Waals surface area contributed by atoms with Crippen LogP contribution in [-0.4, -0.2) is 33.7 Å². The largest absolute Gasteiger partial charge is 0.494 e. The molecule has 0 spiro atoms. The number of benzene rings is 2. The van der Waals surface area contributed by atoms with E-state index in [9.17, 15) is 13.2 Å². The molecule has 0 aliphatic rings. The highest BCUT2D eigenvalue weighted by atomic mass is 32.2. The van der Waals surface area contributed by atoms with Crippen LogP contribution in [0.5, 0.6) is 5.75 Å². The number of sulfonamides is 1. The van der Waals surface area contributed by atoms with Gasteiger partial charge < -0.3 is 10.1 Å². The first-order valence-electron chi connectivity index (χ1n) is 9.69. The zero-order valence-corrected chi connectivity index (χ0v) is 18.5. The van der Waals surface area contributed by atoms with Crippen molar-refractivity contribution in [2.75, 3.05) is 23.7 Å². The summed E-state index contributed by atoms with van der Waals surface area (Å²) in [5.41, 5.74) is 3.66. The number of carbonyl (C=O) groups is 1. The normalized spacial score (nSPS) is 12.3. The van der Waals surface area contributed by atoms with Crippen molar-refractivity contribution in [1.29, 1.82) is 0 Å². The van der Waals surface area contributed by atoms with Crippen LogP contribution in [0, 0.1) is 13.8 Å². The topological polar surface area (TPSA) is 75.7 Å². The standard InChI is InChI=1S/C22H30N2O4S/c1-6-13-28-20-10-8-19(9-11-20)24(29(5,26)27)15-22(25)23-18(4)21-12-7-16(2)14-17(21)3/h7-12,14,18H,6,13,15H2,1-5H3,(H,23,25)/t18-/m0/s1. The minimum Gasteiger partial charge on any atom is -0.494 e. The molecule has 2 aromatic rings. The van der Waals surface area contributed by atoms with Crippen LogP contribution in [0.25, 0.3) is 0 Å². The Morgan fingerprint density at radius 3 is 2.34 bits per heavy atom. The Morgan fingerprint density at radius 2 is 1.79 bits per heavy atom. The van der Waals surface area contributed by atoms with Crippen molar-refractivity contribution in [3.63, 3.8) is 0 Å². The van der Waals surface area contributed by atoms with Gasteiger partial charge in [0.2, 0.25) is 15.9 Å². The van der Waals surface area contributed by atoms with Gasteiger partial charge in [-0.15, -0.1) is 0 Å². The molecular formula is C22H30N2O4S. The van der Waals surface area contributed by atoms with Gasteiger partial charge in [0.1, 0.15) is 12.3 Å². The van der Waals surface area contributed by atoms with Crippen molar-refractivity contribution in [2.24, 2.45) is 0 Å². The summed E-state index contributed by atoms with van der Waals surface area (Å²) in [6, 6.07) is 12.5. The fourth-order valence-corrected chi connectivity index (χ4v) is 3.99. The van der Waals surface area contributed by atoms with Crippen LogP contribution in [0.4, 0.5) is 5.69 Å². The highest BCUT2D eigenvalue weighted by molar-refractivity contribution is 7.92. The number of carbonyl (C=O) groups excluding carboxylic acids is 1. The van der Waals surface area contributed by atoms with E-state index in [4.69, 9.17) is 4.74 Å². The van der Waals surface area contributed by atoms with Gasteiger partial charge in [-0.3, -0.25) is 9.10 Å². The minimum atomic E-state index is -3.63. The lowest BCUT2D eigenvalue weighted by Gasteiger charge is -2.24. The minimum absolute atomic E-state index is 0.227. The third kappa shape index (κ3) is 6.49. The quantitative estimate of drug-likeness (QED) is 0.673. The molecule has 29 heavy (non-hydrogen) atoms. The zero-order valence-electron chi connectivity index (χ0n) is 17.7. The van der Waals surface area contributed by atoms with Crippen LogP contribution in [0.15, 0.2) is 42.5 Å². The van der Waals surface area contributed by atoms with Crippen molar-refractivity contribution in [3.05, 3.63) is 59.2 Å². The molecule has 0 radical (unpaired) electrons. The van der Waals surface area contributed by atoms with Gasteiger partial charge in [0.05, 0.1) is 24.6 Å². The number of hydrogen-bond donors (Lipinski definition) is 1. The van der Waals surface area contributed by atoms with Crippen LogP contribution in [-0.2, 0) is 14.8 Å². The van der Waals surface area contributed by atoms with E-state index >= 15 is 0 Å². The molecule has 0 saturated heterocycles. The Labute approximate surface area is 173 Å². The molecule has 2 aromatic carbocycles. The molecule has 0 fully saturated rings. The Morgan fingerprint density at radius 1 is 1.14 bits per heavy atom. The average molecular weight is 419 g/mol. The van der Waals surface area contributed by atoms with E-state index in [1.54, 1.807) is 24.3 Å². The third-order valence-corrected chi connectivity index (χ3v) is 5.69. The average Bonchev–Trinajstić information content (AvgIpc) is 2.64. The first-order valence-corrected chi connectivity index (χ1v) is 11.5. The van der Waals surface area contributed by atoms with E-state index in [0.29, 0.717) is 18.0 Å². The molecular weight excluding hydrogens is 388 g/mol. The van der Waals surface area contributed by atoms with Gasteiger partial charge in [-0.1, -0.05) is 30.7 Å². The smallest absolute Gasteiger partial charge is 0.241 e. The molecule has 158 valence electrons. The van der Waals surface area contributed by atoms with Crippen LogP contribution in [0.3, 0.4) is 0 Å². The van der Waals surface area contributed by atoms with E-state index in [0.717, 1.165) is 33.7 Å². The Bertz CT molecular complexity index is 940. The fourth-order valence-electron chi connectivity index (χ4n) is 3.14. The molecule has 6 nitrogen and oxygen atoms in total. The van der Waals surface area contributed by atoms with Gasteiger partial charge in [0.25, 0.3) is 0 Å². The third-order valence-electron chi connectivity index (χ3n) is 4.55. The Balaban J connectivity index is 2.12. The molecule has 0 bridgehead atoms. The van der Waals surface area contributed by atoms with E-state index in [2.05, 4.69) is 11.4 Å². The number of nitrogens with zero attached hydrogens (tertiary/aromatic N) is 1. The summed E-state index contributed by atoms with van der Waals surface area (Å²) in [6.07, 6.45) is 1.98. The SMILES string of the molecule is CCCOc1ccc(N(CC(=O)N[C@@H](C)c2ccc(C)cc2C)S(C)(=O)=O)cc1. The molecule has 0 saturated carbocycles. The molecule has 0 aliphatic carbocycles. The van der Waals surface area contributed by atoms with Gasteiger partial charge in [-0.2, -0.15) is 0 Å². The van der Waals surface area contributed by atoms with Crippen molar-refractivity contribution < 1.29 is 17.9 Å². The maximum absolute atomic E-state index is 12.6. The number of nitrogens with one attached hydrogen (secondary N) is 1. The number of aryl methyl sites for hydroxylation is 2. The maximum Gasteiger partial charge on any atom is 0.241 e. The fraction of sp³-hybridized carbons (Fsp3) is 0.409. The summed E-state index contributed by atoms with van der Waals surface area (Å²) < 4.78 is 31.2. The van der Waals surface area contributed by atoms with Crippen molar-refractivity contribution in [1.82, 2.24) is 5.32 Å². The molecule has 0 heterocycles. The van der Waals surface area contributed by atoms with Gasteiger partial charge in [-0.25, -0.2) is 8.42 Å². The van der Waals surface area contributed by atoms with Crippen molar-refractivity contribution in [3.8, 4) is 5.75 Å². The first-order chi connectivity index (χ1) is 13.6.